The van der Waals surface area contributed by atoms with Gasteiger partial charge in [-0.2, -0.15) is 0 Å². The zero-order valence-electron chi connectivity index (χ0n) is 10.1. The number of aromatic nitrogens is 2. The highest BCUT2D eigenvalue weighted by atomic mass is 32.1. The molecule has 2 aromatic heterocycles. The van der Waals surface area contributed by atoms with Gasteiger partial charge in [-0.05, 0) is 19.1 Å². The SMILES string of the molecule is Cc1nc(-c2ccncc2)sc1C1(CO)COC1. The molecular weight excluding hydrogens is 248 g/mol. The van der Waals surface area contributed by atoms with Gasteiger partial charge in [0.1, 0.15) is 5.01 Å². The first-order valence-electron chi connectivity index (χ1n) is 5.82. The Kier molecular flexibility index (Phi) is 2.89. The number of rotatable bonds is 3. The van der Waals surface area contributed by atoms with Gasteiger partial charge in [0.25, 0.3) is 0 Å². The predicted octanol–water partition coefficient (Wildman–Crippen LogP) is 1.77. The smallest absolute Gasteiger partial charge is 0.123 e. The van der Waals surface area contributed by atoms with Crippen LogP contribution < -0.4 is 0 Å². The molecule has 0 radical (unpaired) electrons. The van der Waals surface area contributed by atoms with Crippen molar-refractivity contribution in [3.05, 3.63) is 35.1 Å². The van der Waals surface area contributed by atoms with Crippen molar-refractivity contribution in [2.24, 2.45) is 0 Å². The number of ether oxygens (including phenoxy) is 1. The average molecular weight is 262 g/mol. The Morgan fingerprint density at radius 2 is 2.11 bits per heavy atom. The van der Waals surface area contributed by atoms with E-state index in [2.05, 4.69) is 9.97 Å². The first-order valence-corrected chi connectivity index (χ1v) is 6.64. The molecule has 18 heavy (non-hydrogen) atoms. The molecule has 0 aliphatic carbocycles. The van der Waals surface area contributed by atoms with E-state index < -0.39 is 0 Å². The van der Waals surface area contributed by atoms with Gasteiger partial charge in [-0.3, -0.25) is 4.98 Å². The number of thiazole rings is 1. The monoisotopic (exact) mass is 262 g/mol. The summed E-state index contributed by atoms with van der Waals surface area (Å²) in [4.78, 5) is 9.75. The van der Waals surface area contributed by atoms with Crippen LogP contribution in [0.1, 0.15) is 10.6 Å². The zero-order valence-corrected chi connectivity index (χ0v) is 10.9. The van der Waals surface area contributed by atoms with Crippen molar-refractivity contribution in [2.45, 2.75) is 12.3 Å². The van der Waals surface area contributed by atoms with Crippen LogP contribution in [-0.2, 0) is 10.2 Å². The highest BCUT2D eigenvalue weighted by Gasteiger charge is 2.42. The fraction of sp³-hybridized carbons (Fsp3) is 0.385. The summed E-state index contributed by atoms with van der Waals surface area (Å²) in [5, 5.41) is 10.6. The van der Waals surface area contributed by atoms with Gasteiger partial charge in [0.15, 0.2) is 0 Å². The second-order valence-corrected chi connectivity index (χ2v) is 5.60. The lowest BCUT2D eigenvalue weighted by atomic mass is 9.84. The molecule has 4 nitrogen and oxygen atoms in total. The molecule has 1 saturated heterocycles. The van der Waals surface area contributed by atoms with E-state index in [9.17, 15) is 5.11 Å². The van der Waals surface area contributed by atoms with Crippen LogP contribution in [0.25, 0.3) is 10.6 Å². The van der Waals surface area contributed by atoms with Crippen LogP contribution in [0.2, 0.25) is 0 Å². The van der Waals surface area contributed by atoms with Crippen molar-refractivity contribution in [2.75, 3.05) is 19.8 Å². The van der Waals surface area contributed by atoms with Crippen molar-refractivity contribution in [3.63, 3.8) is 0 Å². The molecule has 1 N–H and O–H groups in total. The Balaban J connectivity index is 2.01. The highest BCUT2D eigenvalue weighted by molar-refractivity contribution is 7.15. The summed E-state index contributed by atoms with van der Waals surface area (Å²) in [7, 11) is 0. The summed E-state index contributed by atoms with van der Waals surface area (Å²) in [5.41, 5.74) is 1.83. The number of pyridine rings is 1. The third-order valence-corrected chi connectivity index (χ3v) is 4.72. The maximum Gasteiger partial charge on any atom is 0.123 e. The molecule has 2 aromatic rings. The van der Waals surface area contributed by atoms with E-state index >= 15 is 0 Å². The third kappa shape index (κ3) is 1.75. The van der Waals surface area contributed by atoms with E-state index in [-0.39, 0.29) is 12.0 Å². The van der Waals surface area contributed by atoms with Crippen LogP contribution in [0.3, 0.4) is 0 Å². The lowest BCUT2D eigenvalue weighted by molar-refractivity contribution is -0.0827. The summed E-state index contributed by atoms with van der Waals surface area (Å²) >= 11 is 1.64. The quantitative estimate of drug-likeness (QED) is 0.916. The molecule has 0 aromatic carbocycles. The normalized spacial score (nSPS) is 17.4. The van der Waals surface area contributed by atoms with Crippen LogP contribution in [0.15, 0.2) is 24.5 Å². The van der Waals surface area contributed by atoms with E-state index in [1.54, 1.807) is 23.7 Å². The number of aryl methyl sites for hydroxylation is 1. The number of aliphatic hydroxyl groups excluding tert-OH is 1. The topological polar surface area (TPSA) is 55.2 Å². The first kappa shape index (κ1) is 11.8. The molecule has 3 heterocycles. The lowest BCUT2D eigenvalue weighted by Crippen LogP contribution is -2.49. The van der Waals surface area contributed by atoms with Crippen molar-refractivity contribution in [3.8, 4) is 10.6 Å². The fourth-order valence-corrected chi connectivity index (χ4v) is 3.37. The van der Waals surface area contributed by atoms with Gasteiger partial charge in [-0.25, -0.2) is 4.98 Å². The zero-order chi connectivity index (χ0) is 12.6. The summed E-state index contributed by atoms with van der Waals surface area (Å²) in [5.74, 6) is 0. The van der Waals surface area contributed by atoms with Gasteiger partial charge in [0, 0.05) is 22.8 Å². The Labute approximate surface area is 109 Å². The number of hydrogen-bond acceptors (Lipinski definition) is 5. The van der Waals surface area contributed by atoms with Crippen LogP contribution >= 0.6 is 11.3 Å². The first-order chi connectivity index (χ1) is 8.75. The van der Waals surface area contributed by atoms with Gasteiger partial charge < -0.3 is 9.84 Å². The standard InChI is InChI=1S/C13H14N2O2S/c1-9-11(13(6-16)7-17-8-13)18-12(15-9)10-2-4-14-5-3-10/h2-5,16H,6-8H2,1H3. The predicted molar refractivity (Wildman–Crippen MR) is 69.7 cm³/mol. The van der Waals surface area contributed by atoms with E-state index in [1.165, 1.54) is 0 Å². The Hall–Kier alpha value is -1.30. The van der Waals surface area contributed by atoms with Gasteiger partial charge in [0.2, 0.25) is 0 Å². The van der Waals surface area contributed by atoms with Gasteiger partial charge in [0.05, 0.1) is 30.9 Å². The summed E-state index contributed by atoms with van der Waals surface area (Å²) in [6, 6.07) is 3.90. The van der Waals surface area contributed by atoms with Gasteiger partial charge >= 0.3 is 0 Å². The van der Waals surface area contributed by atoms with E-state index in [0.717, 1.165) is 21.1 Å². The lowest BCUT2D eigenvalue weighted by Gasteiger charge is -2.39. The minimum atomic E-state index is -0.229. The number of hydrogen-bond donors (Lipinski definition) is 1. The largest absolute Gasteiger partial charge is 0.395 e. The van der Waals surface area contributed by atoms with E-state index in [0.29, 0.717) is 13.2 Å². The van der Waals surface area contributed by atoms with Crippen LogP contribution in [0, 0.1) is 6.92 Å². The fourth-order valence-electron chi connectivity index (χ4n) is 2.15. The third-order valence-electron chi connectivity index (χ3n) is 3.26. The van der Waals surface area contributed by atoms with Gasteiger partial charge in [-0.15, -0.1) is 11.3 Å². The second kappa shape index (κ2) is 4.42. The molecule has 0 amide bonds. The maximum absolute atomic E-state index is 9.58. The number of nitrogens with zero attached hydrogens (tertiary/aromatic N) is 2. The van der Waals surface area contributed by atoms with Crippen molar-refractivity contribution in [1.82, 2.24) is 9.97 Å². The Bertz CT molecular complexity index is 544. The molecule has 3 rings (SSSR count). The molecule has 5 heteroatoms. The second-order valence-electron chi connectivity index (χ2n) is 4.60. The molecule has 0 saturated carbocycles. The molecule has 0 unspecified atom stereocenters. The van der Waals surface area contributed by atoms with Crippen LogP contribution in [0.5, 0.6) is 0 Å². The Morgan fingerprint density at radius 3 is 2.67 bits per heavy atom. The molecular formula is C13H14N2O2S. The Morgan fingerprint density at radius 1 is 1.39 bits per heavy atom. The van der Waals surface area contributed by atoms with E-state index in [1.807, 2.05) is 19.1 Å². The molecule has 0 spiro atoms. The molecule has 94 valence electrons. The minimum Gasteiger partial charge on any atom is -0.395 e. The summed E-state index contributed by atoms with van der Waals surface area (Å²) < 4.78 is 5.26. The van der Waals surface area contributed by atoms with E-state index in [4.69, 9.17) is 4.74 Å². The molecule has 1 aliphatic rings. The summed E-state index contributed by atoms with van der Waals surface area (Å²) in [6.45, 7) is 3.28. The number of aliphatic hydroxyl groups is 1. The minimum absolute atomic E-state index is 0.117. The highest BCUT2D eigenvalue weighted by Crippen LogP contribution is 2.40. The molecule has 0 bridgehead atoms. The summed E-state index contributed by atoms with van der Waals surface area (Å²) in [6.07, 6.45) is 3.53. The molecule has 1 fully saturated rings. The van der Waals surface area contributed by atoms with Crippen molar-refractivity contribution >= 4 is 11.3 Å². The maximum atomic E-state index is 9.58. The molecule has 1 aliphatic heterocycles. The van der Waals surface area contributed by atoms with Gasteiger partial charge in [-0.1, -0.05) is 0 Å². The van der Waals surface area contributed by atoms with Crippen molar-refractivity contribution < 1.29 is 9.84 Å². The van der Waals surface area contributed by atoms with Crippen LogP contribution in [-0.4, -0.2) is 34.9 Å². The molecule has 0 atom stereocenters. The van der Waals surface area contributed by atoms with Crippen LogP contribution in [0.4, 0.5) is 0 Å². The average Bonchev–Trinajstić information content (AvgIpc) is 2.73. The van der Waals surface area contributed by atoms with Crippen molar-refractivity contribution in [1.29, 1.82) is 0 Å².